The Morgan fingerprint density at radius 1 is 0.844 bits per heavy atom. The van der Waals surface area contributed by atoms with Gasteiger partial charge in [-0.15, -0.1) is 0 Å². The summed E-state index contributed by atoms with van der Waals surface area (Å²) in [6.07, 6.45) is -0.943. The van der Waals surface area contributed by atoms with E-state index in [9.17, 15) is 14.7 Å². The van der Waals surface area contributed by atoms with Crippen LogP contribution in [0.25, 0.3) is 10.2 Å². The van der Waals surface area contributed by atoms with Crippen molar-refractivity contribution in [2.24, 2.45) is 11.8 Å². The van der Waals surface area contributed by atoms with E-state index in [1.165, 1.54) is 18.4 Å². The Morgan fingerprint density at radius 2 is 1.50 bits per heavy atom. The van der Waals surface area contributed by atoms with E-state index in [-0.39, 0.29) is 35.3 Å². The molecule has 0 saturated carbocycles. The zero-order valence-corrected chi connectivity index (χ0v) is 35.9. The minimum atomic E-state index is -2.08. The lowest BCUT2D eigenvalue weighted by atomic mass is 9.65. The summed E-state index contributed by atoms with van der Waals surface area (Å²) in [5, 5.41) is 16.0. The fraction of sp³-hybridized carbons (Fsp3) is 0.265. The molecule has 0 bridgehead atoms. The summed E-state index contributed by atoms with van der Waals surface area (Å²) in [4.78, 5) is 82.9. The van der Waals surface area contributed by atoms with Crippen LogP contribution >= 0.6 is 11.3 Å². The summed E-state index contributed by atoms with van der Waals surface area (Å²) in [7, 11) is 1.21. The monoisotopic (exact) mass is 879 g/mol. The largest absolute Gasteiger partial charge is 0.491 e. The molecule has 15 heteroatoms. The van der Waals surface area contributed by atoms with Gasteiger partial charge in [0.25, 0.3) is 0 Å². The van der Waals surface area contributed by atoms with Crippen molar-refractivity contribution < 1.29 is 43.3 Å². The predicted molar refractivity (Wildman–Crippen MR) is 238 cm³/mol. The lowest BCUT2D eigenvalue weighted by molar-refractivity contribution is -0.178. The molecule has 326 valence electrons. The van der Waals surface area contributed by atoms with Crippen LogP contribution in [0.3, 0.4) is 0 Å². The summed E-state index contributed by atoms with van der Waals surface area (Å²) < 4.78 is 18.6. The second-order valence-electron chi connectivity index (χ2n) is 16.2. The lowest BCUT2D eigenvalue weighted by Crippen LogP contribution is -2.57. The van der Waals surface area contributed by atoms with Crippen LogP contribution in [0.2, 0.25) is 0 Å². The first-order valence-electron chi connectivity index (χ1n) is 21.0. The van der Waals surface area contributed by atoms with Crippen LogP contribution in [-0.2, 0) is 34.1 Å². The maximum Gasteiger partial charge on any atom is 0.329 e. The highest BCUT2D eigenvalue weighted by Crippen LogP contribution is 2.66. The third-order valence-corrected chi connectivity index (χ3v) is 13.3. The SMILES string of the molecule is COC(=O)[C@@H](NC(=O)N1C(=O)[C@@]2(c3ccccc31)[C@H](c1ccccc1OCCO)N1[C@H](c3ccccc3)[C@H](c3ccccc3)OC(=O)[C@H]1[C@@H]2C(=O)Nc1nc2ccccc2s1)C(C)C. The van der Waals surface area contributed by atoms with Crippen molar-refractivity contribution in [2.45, 2.75) is 49.5 Å². The number of para-hydroxylation sites is 3. The van der Waals surface area contributed by atoms with E-state index in [2.05, 4.69) is 10.6 Å². The van der Waals surface area contributed by atoms with Crippen molar-refractivity contribution in [3.8, 4) is 5.75 Å². The van der Waals surface area contributed by atoms with Gasteiger partial charge >= 0.3 is 18.0 Å². The maximum absolute atomic E-state index is 16.4. The van der Waals surface area contributed by atoms with Crippen molar-refractivity contribution in [3.05, 3.63) is 156 Å². The van der Waals surface area contributed by atoms with Gasteiger partial charge in [0, 0.05) is 5.56 Å². The predicted octanol–water partition coefficient (Wildman–Crippen LogP) is 6.88. The molecule has 7 atom stereocenters. The summed E-state index contributed by atoms with van der Waals surface area (Å²) in [6.45, 7) is 3.03. The number of anilines is 2. The molecule has 2 fully saturated rings. The van der Waals surface area contributed by atoms with Gasteiger partial charge in [-0.05, 0) is 46.9 Å². The Kier molecular flexibility index (Phi) is 11.5. The molecule has 64 heavy (non-hydrogen) atoms. The van der Waals surface area contributed by atoms with Crippen molar-refractivity contribution in [1.82, 2.24) is 15.2 Å². The standard InChI is InChI=1S/C49H45N5O9S/c1-28(2)38(44(57)61-3)51-48(60)53-34-23-13-11-21-32(34)49(46(53)59)37(43(56)52-47-50-33-22-12-15-25-36(33)64-47)40-45(58)63-41(30-18-8-5-9-19-30)39(29-16-6-4-7-17-29)54(40)42(49)31-20-10-14-24-35(31)62-27-26-55/h4-25,28,37-42,55H,26-27H2,1-3H3,(H,51,60)(H,50,52,56)/t37-,38+,39-,40-,41+,42+,49-/m1/s1. The van der Waals surface area contributed by atoms with E-state index < -0.39 is 77.3 Å². The number of urea groups is 1. The number of hydrogen-bond acceptors (Lipinski definition) is 12. The zero-order chi connectivity index (χ0) is 44.7. The van der Waals surface area contributed by atoms with Crippen LogP contribution in [0, 0.1) is 11.8 Å². The van der Waals surface area contributed by atoms with Crippen molar-refractivity contribution >= 4 is 62.2 Å². The molecule has 14 nitrogen and oxygen atoms in total. The number of aromatic nitrogens is 1. The number of ether oxygens (including phenoxy) is 3. The Bertz CT molecular complexity index is 2720. The van der Waals surface area contributed by atoms with Gasteiger partial charge in [0.2, 0.25) is 11.8 Å². The highest BCUT2D eigenvalue weighted by molar-refractivity contribution is 7.22. The molecule has 4 heterocycles. The van der Waals surface area contributed by atoms with E-state index in [0.717, 1.165) is 15.2 Å². The third-order valence-electron chi connectivity index (χ3n) is 12.3. The van der Waals surface area contributed by atoms with Crippen LogP contribution in [0.4, 0.5) is 15.6 Å². The molecule has 9 rings (SSSR count). The minimum absolute atomic E-state index is 0.109. The Hall–Kier alpha value is -6.94. The minimum Gasteiger partial charge on any atom is -0.491 e. The Labute approximate surface area is 372 Å². The number of esters is 2. The van der Waals surface area contributed by atoms with Crippen molar-refractivity contribution in [1.29, 1.82) is 0 Å². The number of nitrogens with one attached hydrogen (secondary N) is 2. The number of carbonyl (C=O) groups excluding carboxylic acids is 5. The number of fused-ring (bicyclic) bond motifs is 4. The number of hydrogen-bond donors (Lipinski definition) is 3. The van der Waals surface area contributed by atoms with Gasteiger partial charge in [-0.3, -0.25) is 19.3 Å². The average Bonchev–Trinajstić information content (AvgIpc) is 3.95. The highest BCUT2D eigenvalue weighted by Gasteiger charge is 2.76. The second kappa shape index (κ2) is 17.3. The summed E-state index contributed by atoms with van der Waals surface area (Å²) in [5.74, 6) is -4.75. The number of rotatable bonds is 11. The van der Waals surface area contributed by atoms with Crippen molar-refractivity contribution in [3.63, 3.8) is 0 Å². The molecule has 2 saturated heterocycles. The quantitative estimate of drug-likeness (QED) is 0.116. The van der Waals surface area contributed by atoms with Gasteiger partial charge in [-0.1, -0.05) is 134 Å². The molecule has 0 unspecified atom stereocenters. The molecule has 5 aromatic carbocycles. The molecule has 3 aliphatic rings. The molecule has 1 spiro atoms. The highest BCUT2D eigenvalue weighted by atomic mass is 32.1. The number of aliphatic hydroxyl groups is 1. The number of methoxy groups -OCH3 is 1. The zero-order valence-electron chi connectivity index (χ0n) is 35.1. The number of morpholine rings is 1. The van der Waals surface area contributed by atoms with Gasteiger partial charge in [-0.25, -0.2) is 19.5 Å². The van der Waals surface area contributed by atoms with Crippen LogP contribution in [0.1, 0.15) is 54.3 Å². The maximum atomic E-state index is 16.4. The van der Waals surface area contributed by atoms with Crippen LogP contribution in [-0.4, -0.2) is 77.2 Å². The Balaban J connectivity index is 1.34. The summed E-state index contributed by atoms with van der Waals surface area (Å²) in [5.41, 5.74) is 0.809. The smallest absolute Gasteiger partial charge is 0.329 e. The van der Waals surface area contributed by atoms with Crippen LogP contribution in [0.15, 0.2) is 133 Å². The topological polar surface area (TPSA) is 177 Å². The molecule has 0 radical (unpaired) electrons. The molecule has 6 aromatic rings. The number of thiazole rings is 1. The number of amides is 4. The normalized spacial score (nSPS) is 23.1. The fourth-order valence-electron chi connectivity index (χ4n) is 9.76. The number of carbonyl (C=O) groups is 5. The first kappa shape index (κ1) is 42.4. The molecule has 3 N–H and O–H groups in total. The molecular weight excluding hydrogens is 835 g/mol. The first-order valence-corrected chi connectivity index (χ1v) is 21.8. The fourth-order valence-corrected chi connectivity index (χ4v) is 10.6. The number of nitrogens with zero attached hydrogens (tertiary/aromatic N) is 3. The van der Waals surface area contributed by atoms with E-state index >= 15 is 14.4 Å². The number of aliphatic hydroxyl groups excluding tert-OH is 1. The van der Waals surface area contributed by atoms with Gasteiger partial charge < -0.3 is 30.0 Å². The molecule has 0 aliphatic carbocycles. The van der Waals surface area contributed by atoms with Crippen molar-refractivity contribution in [2.75, 3.05) is 30.5 Å². The van der Waals surface area contributed by atoms with E-state index in [1.807, 2.05) is 89.8 Å². The first-order chi connectivity index (χ1) is 31.1. The van der Waals surface area contributed by atoms with Crippen LogP contribution < -0.4 is 20.3 Å². The summed E-state index contributed by atoms with van der Waals surface area (Å²) in [6, 6.07) is 34.2. The number of benzene rings is 5. The van der Waals surface area contributed by atoms with E-state index in [4.69, 9.17) is 19.2 Å². The van der Waals surface area contributed by atoms with Gasteiger partial charge in [-0.2, -0.15) is 0 Å². The third kappa shape index (κ3) is 6.96. The van der Waals surface area contributed by atoms with E-state index in [0.29, 0.717) is 16.6 Å². The second-order valence-corrected chi connectivity index (χ2v) is 17.2. The van der Waals surface area contributed by atoms with Gasteiger partial charge in [0.05, 0.1) is 47.6 Å². The van der Waals surface area contributed by atoms with Crippen LogP contribution in [0.5, 0.6) is 5.75 Å². The number of imide groups is 1. The lowest BCUT2D eigenvalue weighted by Gasteiger charge is -2.46. The Morgan fingerprint density at radius 3 is 2.20 bits per heavy atom. The molecule has 4 amide bonds. The van der Waals surface area contributed by atoms with E-state index in [1.54, 1.807) is 62.4 Å². The number of cyclic esters (lactones) is 1. The molecule has 1 aromatic heterocycles. The molecular formula is C49H45N5O9S. The molecule has 3 aliphatic heterocycles. The summed E-state index contributed by atoms with van der Waals surface area (Å²) >= 11 is 1.24. The average molecular weight is 880 g/mol. The van der Waals surface area contributed by atoms with Gasteiger partial charge in [0.1, 0.15) is 36.0 Å². The van der Waals surface area contributed by atoms with Gasteiger partial charge in [0.15, 0.2) is 5.13 Å².